The van der Waals surface area contributed by atoms with Crippen molar-refractivity contribution in [1.29, 1.82) is 0 Å². The Morgan fingerprint density at radius 1 is 1.18 bits per heavy atom. The van der Waals surface area contributed by atoms with Gasteiger partial charge in [0, 0.05) is 49.1 Å². The van der Waals surface area contributed by atoms with Crippen molar-refractivity contribution in [3.05, 3.63) is 58.9 Å². The molecule has 2 amide bonds. The first-order valence-corrected chi connectivity index (χ1v) is 17.4. The minimum atomic E-state index is -0.544. The number of nitrogens with two attached hydrogens (primary N) is 1. The number of primary amides is 1. The summed E-state index contributed by atoms with van der Waals surface area (Å²) in [6, 6.07) is 5.75. The lowest BCUT2D eigenvalue weighted by Crippen LogP contribution is -2.80. The number of methoxy groups -OCH3 is 1. The van der Waals surface area contributed by atoms with E-state index < -0.39 is 5.91 Å². The topological polar surface area (TPSA) is 142 Å². The SMILES string of the molecule is COC12CC(N3CC[C@H](n4ncc5c(-c6ccc7c(c6)OCC(=O)N7Cc6ncc(Cl)cn6)c(C(N)=O)c(CC(C)C)nc54)[C@H](C)C3)(C1)C2. The van der Waals surface area contributed by atoms with Gasteiger partial charge in [0.25, 0.3) is 11.8 Å². The van der Waals surface area contributed by atoms with Crippen LogP contribution < -0.4 is 15.4 Å². The van der Waals surface area contributed by atoms with E-state index >= 15 is 0 Å². The van der Waals surface area contributed by atoms with E-state index in [4.69, 9.17) is 36.9 Å². The van der Waals surface area contributed by atoms with E-state index in [1.165, 1.54) is 12.4 Å². The Kier molecular flexibility index (Phi) is 7.69. The van der Waals surface area contributed by atoms with E-state index in [1.807, 2.05) is 31.5 Å². The van der Waals surface area contributed by atoms with Crippen LogP contribution >= 0.6 is 11.6 Å². The molecule has 3 saturated carbocycles. The summed E-state index contributed by atoms with van der Waals surface area (Å²) in [5, 5.41) is 6.13. The number of likely N-dealkylation sites (tertiary alicyclic amines) is 1. The van der Waals surface area contributed by atoms with Crippen LogP contribution in [0.4, 0.5) is 5.69 Å². The number of anilines is 1. The fraction of sp³-hybridized carbons (Fsp3) is 0.500. The number of hydrogen-bond donors (Lipinski definition) is 1. The maximum atomic E-state index is 13.3. The first kappa shape index (κ1) is 32.1. The van der Waals surface area contributed by atoms with Crippen LogP contribution in [-0.2, 0) is 22.5 Å². The molecule has 0 radical (unpaired) electrons. The molecule has 12 nitrogen and oxygen atoms in total. The fourth-order valence-corrected chi connectivity index (χ4v) is 8.76. The lowest BCUT2D eigenvalue weighted by atomic mass is 9.45. The molecule has 3 aromatic heterocycles. The average Bonchev–Trinajstić information content (AvgIpc) is 3.44. The quantitative estimate of drug-likeness (QED) is 0.259. The van der Waals surface area contributed by atoms with Crippen LogP contribution in [0, 0.1) is 11.8 Å². The third-order valence-corrected chi connectivity index (χ3v) is 11.3. The van der Waals surface area contributed by atoms with Crippen LogP contribution in [0.5, 0.6) is 5.75 Å². The molecule has 5 aliphatic rings. The zero-order valence-electron chi connectivity index (χ0n) is 28.3. The molecular formula is C36H41ClN8O4. The minimum Gasteiger partial charge on any atom is -0.482 e. The number of benzene rings is 1. The van der Waals surface area contributed by atoms with Crippen molar-refractivity contribution in [2.24, 2.45) is 17.6 Å². The van der Waals surface area contributed by atoms with Crippen LogP contribution in [-0.4, -0.2) is 79.4 Å². The number of rotatable bonds is 9. The van der Waals surface area contributed by atoms with E-state index in [2.05, 4.69) is 40.3 Å². The number of amides is 2. The maximum Gasteiger partial charge on any atom is 0.265 e. The smallest absolute Gasteiger partial charge is 0.265 e. The van der Waals surface area contributed by atoms with Gasteiger partial charge in [0.2, 0.25) is 0 Å². The standard InChI is InChI=1S/C36H41ClN8O4/c1-20(2)9-25-32(33(38)47)31(22-5-6-27-28(10-22)49-16-30(46)44(27)15-29-39-11-23(37)12-40-29)24-13-41-45(34(24)42-25)26-7-8-43(14-21(26)3)35-17-36(18-35,19-35)48-4/h5-6,10-13,20-21,26H,7-9,14-19H2,1-4H3,(H2,38,47)/t21-,26+,35?,36?/m1/s1. The number of carbonyl (C=O) groups is 2. The van der Waals surface area contributed by atoms with E-state index in [0.717, 1.165) is 55.4 Å². The predicted octanol–water partition coefficient (Wildman–Crippen LogP) is 4.97. The van der Waals surface area contributed by atoms with Gasteiger partial charge >= 0.3 is 0 Å². The lowest BCUT2D eigenvalue weighted by Gasteiger charge is -2.73. The van der Waals surface area contributed by atoms with Crippen LogP contribution in [0.3, 0.4) is 0 Å². The van der Waals surface area contributed by atoms with Gasteiger partial charge in [0.05, 0.1) is 46.4 Å². The summed E-state index contributed by atoms with van der Waals surface area (Å²) in [7, 11) is 1.84. The normalized spacial score (nSPS) is 26.3. The molecule has 4 fully saturated rings. The molecule has 1 saturated heterocycles. The first-order chi connectivity index (χ1) is 23.5. The highest BCUT2D eigenvalue weighted by Gasteiger charge is 2.71. The van der Waals surface area contributed by atoms with Gasteiger partial charge in [-0.25, -0.2) is 19.6 Å². The summed E-state index contributed by atoms with van der Waals surface area (Å²) in [5.41, 5.74) is 10.3. The lowest BCUT2D eigenvalue weighted by molar-refractivity contribution is -0.284. The van der Waals surface area contributed by atoms with E-state index in [-0.39, 0.29) is 36.6 Å². The Morgan fingerprint density at radius 3 is 2.61 bits per heavy atom. The number of pyridine rings is 1. The molecule has 9 rings (SSSR count). The molecule has 5 heterocycles. The second-order valence-corrected chi connectivity index (χ2v) is 15.2. The summed E-state index contributed by atoms with van der Waals surface area (Å²) >= 11 is 5.97. The summed E-state index contributed by atoms with van der Waals surface area (Å²) in [5.74, 6) is 0.793. The molecule has 3 aliphatic carbocycles. The van der Waals surface area contributed by atoms with E-state index in [0.29, 0.717) is 57.0 Å². The van der Waals surface area contributed by atoms with E-state index in [9.17, 15) is 9.59 Å². The molecule has 256 valence electrons. The summed E-state index contributed by atoms with van der Waals surface area (Å²) < 4.78 is 13.8. The van der Waals surface area contributed by atoms with Crippen molar-refractivity contribution in [3.8, 4) is 16.9 Å². The Morgan fingerprint density at radius 2 is 1.94 bits per heavy atom. The Bertz CT molecular complexity index is 1960. The van der Waals surface area contributed by atoms with Crippen molar-refractivity contribution >= 4 is 40.1 Å². The molecule has 13 heteroatoms. The largest absolute Gasteiger partial charge is 0.482 e. The zero-order chi connectivity index (χ0) is 34.2. The average molecular weight is 685 g/mol. The van der Waals surface area contributed by atoms with Crippen molar-refractivity contribution in [2.75, 3.05) is 31.7 Å². The number of fused-ring (bicyclic) bond motifs is 2. The minimum absolute atomic E-state index is 0.115. The molecule has 2 bridgehead atoms. The van der Waals surface area contributed by atoms with Crippen molar-refractivity contribution in [2.45, 2.75) is 76.6 Å². The first-order valence-electron chi connectivity index (χ1n) is 17.0. The number of ether oxygens (including phenoxy) is 2. The third-order valence-electron chi connectivity index (χ3n) is 11.1. The molecule has 4 aromatic rings. The highest BCUT2D eigenvalue weighted by Crippen LogP contribution is 2.66. The van der Waals surface area contributed by atoms with Gasteiger partial charge in [-0.3, -0.25) is 19.4 Å². The molecule has 2 aliphatic heterocycles. The van der Waals surface area contributed by atoms with Gasteiger partial charge in [-0.2, -0.15) is 5.10 Å². The summed E-state index contributed by atoms with van der Waals surface area (Å²) in [4.78, 5) is 44.2. The van der Waals surface area contributed by atoms with Gasteiger partial charge < -0.3 is 15.2 Å². The van der Waals surface area contributed by atoms with Gasteiger partial charge in [-0.15, -0.1) is 0 Å². The van der Waals surface area contributed by atoms with Gasteiger partial charge in [-0.05, 0) is 61.6 Å². The van der Waals surface area contributed by atoms with Crippen LogP contribution in [0.2, 0.25) is 5.02 Å². The zero-order valence-corrected chi connectivity index (χ0v) is 29.0. The van der Waals surface area contributed by atoms with Crippen LogP contribution in [0.25, 0.3) is 22.2 Å². The summed E-state index contributed by atoms with van der Waals surface area (Å²) in [6.07, 6.45) is 9.75. The molecule has 0 spiro atoms. The number of piperidine rings is 1. The molecule has 1 aromatic carbocycles. The van der Waals surface area contributed by atoms with Crippen LogP contribution in [0.1, 0.15) is 74.4 Å². The monoisotopic (exact) mass is 684 g/mol. The molecule has 0 unspecified atom stereocenters. The molecule has 2 N–H and O–H groups in total. The number of halogens is 1. The number of nitrogens with zero attached hydrogens (tertiary/aromatic N) is 7. The second-order valence-electron chi connectivity index (χ2n) is 14.8. The Hall–Kier alpha value is -4.13. The Labute approximate surface area is 289 Å². The van der Waals surface area contributed by atoms with Crippen molar-refractivity contribution in [3.63, 3.8) is 0 Å². The molecule has 49 heavy (non-hydrogen) atoms. The fourth-order valence-electron chi connectivity index (χ4n) is 8.67. The van der Waals surface area contributed by atoms with Gasteiger partial charge in [0.15, 0.2) is 12.3 Å². The van der Waals surface area contributed by atoms with Crippen molar-refractivity contribution < 1.29 is 19.1 Å². The van der Waals surface area contributed by atoms with Gasteiger partial charge in [0.1, 0.15) is 11.6 Å². The highest BCUT2D eigenvalue weighted by molar-refractivity contribution is 6.30. The number of hydrogen-bond acceptors (Lipinski definition) is 9. The van der Waals surface area contributed by atoms with E-state index in [1.54, 1.807) is 4.90 Å². The predicted molar refractivity (Wildman–Crippen MR) is 184 cm³/mol. The highest BCUT2D eigenvalue weighted by atomic mass is 35.5. The van der Waals surface area contributed by atoms with Gasteiger partial charge in [-0.1, -0.05) is 38.4 Å². The number of carbonyl (C=O) groups excluding carboxylic acids is 2. The molecule has 2 atom stereocenters. The third kappa shape index (κ3) is 5.26. The van der Waals surface area contributed by atoms with Crippen molar-refractivity contribution in [1.82, 2.24) is 29.6 Å². The maximum absolute atomic E-state index is 13.3. The number of aromatic nitrogens is 5. The Balaban J connectivity index is 1.17. The molecular weight excluding hydrogens is 644 g/mol. The second kappa shape index (κ2) is 11.7. The van der Waals surface area contributed by atoms with Crippen LogP contribution in [0.15, 0.2) is 36.8 Å². The summed E-state index contributed by atoms with van der Waals surface area (Å²) in [6.45, 7) is 8.53.